The van der Waals surface area contributed by atoms with E-state index >= 15 is 0 Å². The van der Waals surface area contributed by atoms with E-state index in [-0.39, 0.29) is 6.04 Å². The largest absolute Gasteiger partial charge is 0.357 e. The van der Waals surface area contributed by atoms with Gasteiger partial charge in [-0.2, -0.15) is 0 Å². The molecule has 0 fully saturated rings. The molecule has 1 aliphatic heterocycles. The zero-order valence-corrected chi connectivity index (χ0v) is 14.7. The number of aromatic nitrogens is 1. The first-order valence-corrected chi connectivity index (χ1v) is 9.32. The second-order valence-electron chi connectivity index (χ2n) is 7.08. The van der Waals surface area contributed by atoms with Crippen molar-refractivity contribution in [2.24, 2.45) is 0 Å². The lowest BCUT2D eigenvalue weighted by molar-refractivity contribution is 0.202. The normalized spacial score (nSPS) is 17.3. The van der Waals surface area contributed by atoms with Gasteiger partial charge in [0, 0.05) is 29.7 Å². The van der Waals surface area contributed by atoms with Gasteiger partial charge in [0.2, 0.25) is 0 Å². The minimum Gasteiger partial charge on any atom is -0.357 e. The topological polar surface area (TPSA) is 19.0 Å². The van der Waals surface area contributed by atoms with Crippen molar-refractivity contribution in [3.8, 4) is 0 Å². The van der Waals surface area contributed by atoms with Crippen LogP contribution < -0.4 is 0 Å². The zero-order valence-electron chi connectivity index (χ0n) is 14.7. The molecule has 0 spiro atoms. The van der Waals surface area contributed by atoms with Gasteiger partial charge in [-0.25, -0.2) is 0 Å². The van der Waals surface area contributed by atoms with Crippen LogP contribution in [0.25, 0.3) is 10.9 Å². The molecular weight excluding hydrogens is 316 g/mol. The van der Waals surface area contributed by atoms with Gasteiger partial charge in [0.1, 0.15) is 0 Å². The van der Waals surface area contributed by atoms with Gasteiger partial charge in [0.25, 0.3) is 0 Å². The maximum atomic E-state index is 3.74. The van der Waals surface area contributed by atoms with Crippen molar-refractivity contribution in [1.29, 1.82) is 0 Å². The monoisotopic (exact) mass is 338 g/mol. The number of hydrogen-bond acceptors (Lipinski definition) is 1. The lowest BCUT2D eigenvalue weighted by atomic mass is 9.92. The molecule has 1 N–H and O–H groups in total. The Morgan fingerprint density at radius 1 is 0.808 bits per heavy atom. The van der Waals surface area contributed by atoms with E-state index in [4.69, 9.17) is 0 Å². The number of nitrogens with one attached hydrogen (secondary N) is 1. The van der Waals surface area contributed by atoms with Crippen LogP contribution in [0.4, 0.5) is 0 Å². The van der Waals surface area contributed by atoms with E-state index in [1.54, 1.807) is 0 Å². The number of rotatable bonds is 3. The summed E-state index contributed by atoms with van der Waals surface area (Å²) >= 11 is 0. The van der Waals surface area contributed by atoms with Gasteiger partial charge in [-0.15, -0.1) is 0 Å². The quantitative estimate of drug-likeness (QED) is 0.536. The summed E-state index contributed by atoms with van der Waals surface area (Å²) in [5.41, 5.74) is 6.82. The number of benzene rings is 3. The molecule has 2 heterocycles. The molecule has 1 aromatic heterocycles. The fraction of sp³-hybridized carbons (Fsp3) is 0.167. The molecule has 0 unspecified atom stereocenters. The smallest absolute Gasteiger partial charge is 0.0760 e. The highest BCUT2D eigenvalue weighted by Crippen LogP contribution is 2.38. The maximum absolute atomic E-state index is 3.74. The highest BCUT2D eigenvalue weighted by Gasteiger charge is 2.31. The zero-order chi connectivity index (χ0) is 17.3. The Morgan fingerprint density at radius 3 is 2.31 bits per heavy atom. The molecule has 1 atom stereocenters. The van der Waals surface area contributed by atoms with Crippen LogP contribution in [0.5, 0.6) is 0 Å². The van der Waals surface area contributed by atoms with Gasteiger partial charge in [-0.3, -0.25) is 4.90 Å². The number of hydrogen-bond donors (Lipinski definition) is 1. The molecule has 0 bridgehead atoms. The van der Waals surface area contributed by atoms with Crippen LogP contribution in [-0.2, 0) is 13.0 Å². The van der Waals surface area contributed by atoms with Crippen molar-refractivity contribution in [2.75, 3.05) is 6.54 Å². The van der Waals surface area contributed by atoms with Crippen LogP contribution in [0.3, 0.4) is 0 Å². The first-order valence-electron chi connectivity index (χ1n) is 9.32. The maximum Gasteiger partial charge on any atom is 0.0760 e. The molecule has 0 saturated carbocycles. The summed E-state index contributed by atoms with van der Waals surface area (Å²) in [6.07, 6.45) is 1.09. The number of H-pyrrole nitrogens is 1. The van der Waals surface area contributed by atoms with E-state index < -0.39 is 0 Å². The van der Waals surface area contributed by atoms with Crippen molar-refractivity contribution < 1.29 is 0 Å². The third kappa shape index (κ3) is 2.63. The molecule has 2 nitrogen and oxygen atoms in total. The Balaban J connectivity index is 1.62. The van der Waals surface area contributed by atoms with Crippen LogP contribution >= 0.6 is 0 Å². The van der Waals surface area contributed by atoms with Crippen LogP contribution in [-0.4, -0.2) is 16.4 Å². The van der Waals surface area contributed by atoms with Crippen molar-refractivity contribution in [2.45, 2.75) is 19.0 Å². The van der Waals surface area contributed by atoms with Crippen LogP contribution in [0.1, 0.15) is 28.4 Å². The number of aromatic amines is 1. The number of nitrogens with zero attached hydrogens (tertiary/aromatic N) is 1. The molecule has 0 aliphatic carbocycles. The van der Waals surface area contributed by atoms with Gasteiger partial charge >= 0.3 is 0 Å². The Morgan fingerprint density at radius 2 is 1.50 bits per heavy atom. The van der Waals surface area contributed by atoms with Crippen molar-refractivity contribution in [1.82, 2.24) is 9.88 Å². The lowest BCUT2D eigenvalue weighted by Crippen LogP contribution is -2.35. The van der Waals surface area contributed by atoms with E-state index in [2.05, 4.69) is 94.8 Å². The first kappa shape index (κ1) is 15.4. The van der Waals surface area contributed by atoms with E-state index in [1.165, 1.54) is 33.3 Å². The van der Waals surface area contributed by atoms with Gasteiger partial charge in [0.05, 0.1) is 6.04 Å². The summed E-state index contributed by atoms with van der Waals surface area (Å²) in [6.45, 7) is 2.04. The van der Waals surface area contributed by atoms with Crippen molar-refractivity contribution >= 4 is 10.9 Å². The Labute approximate surface area is 154 Å². The Hall–Kier alpha value is -2.84. The third-order valence-electron chi connectivity index (χ3n) is 5.48. The molecule has 0 amide bonds. The van der Waals surface area contributed by atoms with Crippen molar-refractivity contribution in [3.05, 3.63) is 107 Å². The minimum absolute atomic E-state index is 0.271. The molecule has 128 valence electrons. The van der Waals surface area contributed by atoms with Crippen LogP contribution in [0, 0.1) is 0 Å². The van der Waals surface area contributed by atoms with E-state index in [0.29, 0.717) is 0 Å². The summed E-state index contributed by atoms with van der Waals surface area (Å²) in [6, 6.07) is 30.7. The molecule has 0 radical (unpaired) electrons. The molecule has 4 aromatic rings. The van der Waals surface area contributed by atoms with Crippen LogP contribution in [0.2, 0.25) is 0 Å². The fourth-order valence-electron chi connectivity index (χ4n) is 4.29. The molecular formula is C24H22N2. The predicted molar refractivity (Wildman–Crippen MR) is 107 cm³/mol. The standard InChI is InChI=1S/C24H22N2/c1-3-9-18(10-4-1)17-26-16-15-21-20-13-7-8-14-22(20)25-23(21)24(26)19-11-5-2-6-12-19/h1-14,24-25H,15-17H2/t24-/m1/s1. The second-order valence-corrected chi connectivity index (χ2v) is 7.08. The highest BCUT2D eigenvalue weighted by atomic mass is 15.2. The van der Waals surface area contributed by atoms with E-state index in [9.17, 15) is 0 Å². The average molecular weight is 338 g/mol. The fourth-order valence-corrected chi connectivity index (χ4v) is 4.29. The van der Waals surface area contributed by atoms with E-state index in [0.717, 1.165) is 19.5 Å². The first-order chi connectivity index (χ1) is 12.9. The molecule has 1 aliphatic rings. The molecule has 5 rings (SSSR count). The Bertz CT molecular complexity index is 1020. The molecule has 26 heavy (non-hydrogen) atoms. The molecule has 0 saturated heterocycles. The van der Waals surface area contributed by atoms with Crippen LogP contribution in [0.15, 0.2) is 84.9 Å². The SMILES string of the molecule is c1ccc(CN2CCc3c([nH]c4ccccc34)[C@H]2c2ccccc2)cc1. The number of fused-ring (bicyclic) bond motifs is 3. The molecule has 3 aromatic carbocycles. The highest BCUT2D eigenvalue weighted by molar-refractivity contribution is 5.85. The summed E-state index contributed by atoms with van der Waals surface area (Å²) < 4.78 is 0. The Kier molecular flexibility index (Phi) is 3.84. The summed E-state index contributed by atoms with van der Waals surface area (Å²) in [7, 11) is 0. The second kappa shape index (κ2) is 6.47. The van der Waals surface area contributed by atoms with Crippen molar-refractivity contribution in [3.63, 3.8) is 0 Å². The van der Waals surface area contributed by atoms with Gasteiger partial charge in [-0.05, 0) is 29.2 Å². The minimum atomic E-state index is 0.271. The third-order valence-corrected chi connectivity index (χ3v) is 5.48. The van der Waals surface area contributed by atoms with Gasteiger partial charge in [-0.1, -0.05) is 78.9 Å². The summed E-state index contributed by atoms with van der Waals surface area (Å²) in [4.78, 5) is 6.34. The summed E-state index contributed by atoms with van der Waals surface area (Å²) in [5, 5.41) is 1.38. The van der Waals surface area contributed by atoms with Gasteiger partial charge < -0.3 is 4.98 Å². The average Bonchev–Trinajstić information content (AvgIpc) is 3.08. The van der Waals surface area contributed by atoms with Gasteiger partial charge in [0.15, 0.2) is 0 Å². The number of para-hydroxylation sites is 1. The lowest BCUT2D eigenvalue weighted by Gasteiger charge is -2.36. The van der Waals surface area contributed by atoms with E-state index in [1.807, 2.05) is 0 Å². The predicted octanol–water partition coefficient (Wildman–Crippen LogP) is 5.32. The summed E-state index contributed by atoms with van der Waals surface area (Å²) in [5.74, 6) is 0. The molecule has 2 heteroatoms.